The highest BCUT2D eigenvalue weighted by Crippen LogP contribution is 2.34. The van der Waals surface area contributed by atoms with Crippen molar-refractivity contribution in [3.8, 4) is 22.9 Å². The fourth-order valence-corrected chi connectivity index (χ4v) is 4.02. The number of nitrogens with one attached hydrogen (secondary N) is 1. The Morgan fingerprint density at radius 1 is 1.11 bits per heavy atom. The number of thioether (sulfide) groups is 1. The van der Waals surface area contributed by atoms with E-state index >= 15 is 0 Å². The van der Waals surface area contributed by atoms with Gasteiger partial charge in [0.1, 0.15) is 0 Å². The number of aromatic nitrogens is 2. The zero-order chi connectivity index (χ0) is 27.2. The zero-order valence-electron chi connectivity index (χ0n) is 20.3. The average molecular weight is 554 g/mol. The molecule has 1 aliphatic heterocycles. The van der Waals surface area contributed by atoms with Gasteiger partial charge in [-0.25, -0.2) is 4.79 Å². The number of benzene rings is 2. The Morgan fingerprint density at radius 2 is 1.87 bits per heavy atom. The van der Waals surface area contributed by atoms with Gasteiger partial charge in [-0.1, -0.05) is 29.3 Å². The summed E-state index contributed by atoms with van der Waals surface area (Å²) in [6, 6.07) is 12.2. The van der Waals surface area contributed by atoms with Crippen LogP contribution in [-0.4, -0.2) is 47.3 Å². The average Bonchev–Trinajstić information content (AvgIpc) is 3.26. The van der Waals surface area contributed by atoms with Gasteiger partial charge in [0.25, 0.3) is 11.5 Å². The van der Waals surface area contributed by atoms with Gasteiger partial charge < -0.3 is 14.2 Å². The van der Waals surface area contributed by atoms with E-state index in [-0.39, 0.29) is 20.8 Å². The van der Waals surface area contributed by atoms with Crippen LogP contribution in [0.3, 0.4) is 0 Å². The number of hydrogen-bond donors (Lipinski definition) is 1. The van der Waals surface area contributed by atoms with Gasteiger partial charge in [-0.2, -0.15) is 14.9 Å². The summed E-state index contributed by atoms with van der Waals surface area (Å²) >= 11 is 7.26. The van der Waals surface area contributed by atoms with E-state index in [1.807, 2.05) is 19.1 Å². The van der Waals surface area contributed by atoms with Crippen molar-refractivity contribution >= 4 is 46.6 Å². The van der Waals surface area contributed by atoms with Crippen molar-refractivity contribution in [1.82, 2.24) is 15.1 Å². The number of carbonyl (C=O) groups is 2. The molecule has 0 spiro atoms. The quantitative estimate of drug-likeness (QED) is 0.203. The van der Waals surface area contributed by atoms with E-state index < -0.39 is 17.4 Å². The molecule has 194 valence electrons. The highest BCUT2D eigenvalue weighted by atomic mass is 35.5. The summed E-state index contributed by atoms with van der Waals surface area (Å²) in [6.07, 6.45) is 3.86. The molecular formula is C25H20ClN5O6S. The van der Waals surface area contributed by atoms with E-state index in [1.54, 1.807) is 30.3 Å². The topological polar surface area (TPSA) is 133 Å². The van der Waals surface area contributed by atoms with Gasteiger partial charge in [0.05, 0.1) is 37.2 Å². The highest BCUT2D eigenvalue weighted by Gasteiger charge is 2.25. The van der Waals surface area contributed by atoms with Crippen LogP contribution in [0.4, 0.5) is 0 Å². The first kappa shape index (κ1) is 26.6. The fourth-order valence-electron chi connectivity index (χ4n) is 3.12. The number of hydrogen-bond acceptors (Lipinski definition) is 10. The van der Waals surface area contributed by atoms with Crippen molar-refractivity contribution < 1.29 is 23.8 Å². The van der Waals surface area contributed by atoms with Crippen LogP contribution in [0.1, 0.15) is 11.1 Å². The molecule has 0 aliphatic carbocycles. The normalized spacial score (nSPS) is 15.2. The Bertz CT molecular complexity index is 1550. The van der Waals surface area contributed by atoms with E-state index in [1.165, 1.54) is 31.3 Å². The maximum Gasteiger partial charge on any atom is 0.331 e. The van der Waals surface area contributed by atoms with Crippen LogP contribution in [0.2, 0.25) is 5.02 Å². The number of esters is 1. The molecule has 0 unspecified atom stereocenters. The third-order valence-electron chi connectivity index (χ3n) is 5.03. The predicted octanol–water partition coefficient (Wildman–Crippen LogP) is 3.61. The molecule has 0 saturated carbocycles. The second-order valence-electron chi connectivity index (χ2n) is 7.63. The maximum absolute atomic E-state index is 12.8. The maximum atomic E-state index is 12.8. The minimum Gasteiger partial charge on any atom is -0.493 e. The smallest absolute Gasteiger partial charge is 0.331 e. The van der Waals surface area contributed by atoms with E-state index in [0.29, 0.717) is 22.7 Å². The van der Waals surface area contributed by atoms with E-state index in [4.69, 9.17) is 21.1 Å². The first-order valence-corrected chi connectivity index (χ1v) is 12.1. The monoisotopic (exact) mass is 553 g/mol. The lowest BCUT2D eigenvalue weighted by Gasteiger charge is -2.12. The summed E-state index contributed by atoms with van der Waals surface area (Å²) in [5.74, 6) is -0.421. The fraction of sp³-hybridized carbons (Fsp3) is 0.120. The van der Waals surface area contributed by atoms with Crippen molar-refractivity contribution in [1.29, 1.82) is 0 Å². The third-order valence-corrected chi connectivity index (χ3v) is 6.28. The number of carbonyl (C=O) groups excluding carboxylic acids is 2. The first-order valence-electron chi connectivity index (χ1n) is 10.9. The molecule has 0 radical (unpaired) electrons. The number of halogens is 1. The van der Waals surface area contributed by atoms with Gasteiger partial charge in [-0.3, -0.25) is 14.9 Å². The molecule has 38 heavy (non-hydrogen) atoms. The number of methoxy groups -OCH3 is 2. The van der Waals surface area contributed by atoms with Crippen molar-refractivity contribution in [3.63, 3.8) is 0 Å². The molecule has 1 amide bonds. The van der Waals surface area contributed by atoms with Crippen molar-refractivity contribution in [2.75, 3.05) is 14.2 Å². The number of nitrogens with zero attached hydrogens (tertiary/aromatic N) is 4. The Kier molecular flexibility index (Phi) is 8.24. The largest absolute Gasteiger partial charge is 0.493 e. The van der Waals surface area contributed by atoms with E-state index in [2.05, 4.69) is 25.4 Å². The Morgan fingerprint density at radius 3 is 2.58 bits per heavy atom. The van der Waals surface area contributed by atoms with Crippen LogP contribution < -0.4 is 20.3 Å². The molecule has 11 nitrogen and oxygen atoms in total. The van der Waals surface area contributed by atoms with Crippen LogP contribution in [0.15, 0.2) is 74.6 Å². The van der Waals surface area contributed by atoms with E-state index in [0.717, 1.165) is 23.4 Å². The van der Waals surface area contributed by atoms with Crippen LogP contribution >= 0.6 is 23.4 Å². The van der Waals surface area contributed by atoms with Gasteiger partial charge in [0, 0.05) is 6.08 Å². The summed E-state index contributed by atoms with van der Waals surface area (Å²) in [7, 11) is 2.67. The molecule has 1 fully saturated rings. The number of rotatable bonds is 7. The van der Waals surface area contributed by atoms with Gasteiger partial charge in [0.15, 0.2) is 27.4 Å². The molecule has 2 aromatic carbocycles. The highest BCUT2D eigenvalue weighted by molar-refractivity contribution is 8.18. The summed E-state index contributed by atoms with van der Waals surface area (Å²) < 4.78 is 16.9. The Labute approximate surface area is 225 Å². The number of ether oxygens (including phenoxy) is 3. The molecule has 1 N–H and O–H groups in total. The van der Waals surface area contributed by atoms with Crippen molar-refractivity contribution in [2.24, 2.45) is 10.2 Å². The molecule has 2 heterocycles. The van der Waals surface area contributed by atoms with Crippen LogP contribution in [0, 0.1) is 6.92 Å². The minimum absolute atomic E-state index is 0.0657. The molecular weight excluding hydrogens is 534 g/mol. The number of aryl methyl sites for hydroxylation is 1. The minimum atomic E-state index is -0.647. The van der Waals surface area contributed by atoms with Crippen molar-refractivity contribution in [2.45, 2.75) is 6.92 Å². The second-order valence-corrected chi connectivity index (χ2v) is 9.03. The molecule has 13 heteroatoms. The second kappa shape index (κ2) is 11.8. The van der Waals surface area contributed by atoms with Crippen LogP contribution in [0.25, 0.3) is 5.69 Å². The Hall–Kier alpha value is -4.42. The number of amidine groups is 1. The third kappa shape index (κ3) is 6.10. The lowest BCUT2D eigenvalue weighted by atomic mass is 10.2. The van der Waals surface area contributed by atoms with Crippen LogP contribution in [-0.2, 0) is 14.3 Å². The first-order chi connectivity index (χ1) is 18.3. The summed E-state index contributed by atoms with van der Waals surface area (Å²) in [5, 5.41) is 14.6. The number of amides is 1. The predicted molar refractivity (Wildman–Crippen MR) is 144 cm³/mol. The van der Waals surface area contributed by atoms with E-state index in [9.17, 15) is 14.4 Å². The standard InChI is InChI=1S/C25H20ClN5O6S/c1-14-4-7-16(8-5-14)31-24(34)22(26)19(13-28-31)37-17-9-6-15(10-18(17)35-2)12-27-30-25-29-23(33)20(38-25)11-21(32)36-3/h4-13H,1-3H3,(H,29,30,33)/b20-11+,27-12?. The van der Waals surface area contributed by atoms with Crippen molar-refractivity contribution in [3.05, 3.63) is 86.1 Å². The lowest BCUT2D eigenvalue weighted by Crippen LogP contribution is -2.21. The van der Waals surface area contributed by atoms with Gasteiger partial charge in [0.2, 0.25) is 0 Å². The summed E-state index contributed by atoms with van der Waals surface area (Å²) in [4.78, 5) is 36.1. The van der Waals surface area contributed by atoms with Gasteiger partial charge >= 0.3 is 5.97 Å². The molecule has 1 saturated heterocycles. The molecule has 4 rings (SSSR count). The SMILES string of the molecule is COC(=O)/C=C1/S/C(=N\N=Cc2ccc(Oc3cnn(-c4ccc(C)cc4)c(=O)c3Cl)c(OC)c2)NC1=O. The summed E-state index contributed by atoms with van der Waals surface area (Å²) in [6.45, 7) is 1.94. The molecule has 1 aromatic heterocycles. The Balaban J connectivity index is 1.50. The van der Waals surface area contributed by atoms with Gasteiger partial charge in [-0.15, -0.1) is 5.10 Å². The molecule has 3 aromatic rings. The lowest BCUT2D eigenvalue weighted by molar-refractivity contribution is -0.135. The molecule has 0 atom stereocenters. The van der Waals surface area contributed by atoms with Crippen LogP contribution in [0.5, 0.6) is 17.2 Å². The summed E-state index contributed by atoms with van der Waals surface area (Å²) in [5.41, 5.74) is 1.70. The molecule has 0 bridgehead atoms. The van der Waals surface area contributed by atoms with Gasteiger partial charge in [-0.05, 0) is 54.6 Å². The molecule has 1 aliphatic rings. The zero-order valence-corrected chi connectivity index (χ0v) is 21.9.